The summed E-state index contributed by atoms with van der Waals surface area (Å²) in [6.45, 7) is 5.54. The molecular formula is C15H22N2O3. The molecule has 0 bridgehead atoms. The second-order valence-corrected chi connectivity index (χ2v) is 5.12. The predicted molar refractivity (Wildman–Crippen MR) is 76.4 cm³/mol. The van der Waals surface area contributed by atoms with Gasteiger partial charge in [-0.25, -0.2) is 0 Å². The van der Waals surface area contributed by atoms with E-state index in [0.717, 1.165) is 24.2 Å². The monoisotopic (exact) mass is 278 g/mol. The highest BCUT2D eigenvalue weighted by Crippen LogP contribution is 2.12. The van der Waals surface area contributed by atoms with Crippen molar-refractivity contribution >= 4 is 5.91 Å². The Balaban J connectivity index is 1.73. The standard InChI is InChI=1S/C15H22N2O3/c1-12-2-4-13(5-3-12)14(18)10-16-15(19)11-17-6-8-20-9-7-17/h2-5,14,18H,6-11H2,1H3,(H,16,19). The average molecular weight is 278 g/mol. The molecule has 1 unspecified atom stereocenters. The Morgan fingerprint density at radius 1 is 1.35 bits per heavy atom. The van der Waals surface area contributed by atoms with Crippen LogP contribution in [0.4, 0.5) is 0 Å². The highest BCUT2D eigenvalue weighted by molar-refractivity contribution is 5.78. The number of morpholine rings is 1. The zero-order chi connectivity index (χ0) is 14.4. The summed E-state index contributed by atoms with van der Waals surface area (Å²) >= 11 is 0. The Morgan fingerprint density at radius 2 is 2.00 bits per heavy atom. The molecule has 0 spiro atoms. The first-order valence-corrected chi connectivity index (χ1v) is 6.96. The first kappa shape index (κ1) is 15.0. The van der Waals surface area contributed by atoms with Crippen LogP contribution in [0.5, 0.6) is 0 Å². The molecule has 20 heavy (non-hydrogen) atoms. The van der Waals surface area contributed by atoms with Crippen LogP contribution >= 0.6 is 0 Å². The number of benzene rings is 1. The number of nitrogens with one attached hydrogen (secondary N) is 1. The molecule has 1 fully saturated rings. The van der Waals surface area contributed by atoms with Gasteiger partial charge in [-0.2, -0.15) is 0 Å². The van der Waals surface area contributed by atoms with E-state index >= 15 is 0 Å². The number of aryl methyl sites for hydroxylation is 1. The molecule has 1 aromatic rings. The van der Waals surface area contributed by atoms with E-state index in [4.69, 9.17) is 4.74 Å². The number of aliphatic hydroxyl groups is 1. The number of rotatable bonds is 5. The minimum atomic E-state index is -0.663. The van der Waals surface area contributed by atoms with Gasteiger partial charge >= 0.3 is 0 Å². The van der Waals surface area contributed by atoms with Crippen molar-refractivity contribution < 1.29 is 14.6 Å². The number of carbonyl (C=O) groups excluding carboxylic acids is 1. The average Bonchev–Trinajstić information content (AvgIpc) is 2.46. The van der Waals surface area contributed by atoms with Crippen LogP contribution in [0, 0.1) is 6.92 Å². The van der Waals surface area contributed by atoms with Crippen LogP contribution in [0.25, 0.3) is 0 Å². The Kier molecular flexibility index (Phi) is 5.52. The largest absolute Gasteiger partial charge is 0.387 e. The fourth-order valence-electron chi connectivity index (χ4n) is 2.14. The summed E-state index contributed by atoms with van der Waals surface area (Å²) in [5.74, 6) is -0.0574. The van der Waals surface area contributed by atoms with Gasteiger partial charge in [-0.05, 0) is 12.5 Å². The number of nitrogens with zero attached hydrogens (tertiary/aromatic N) is 1. The third-order valence-corrected chi connectivity index (χ3v) is 3.43. The molecular weight excluding hydrogens is 256 g/mol. The lowest BCUT2D eigenvalue weighted by Crippen LogP contribution is -2.43. The molecule has 5 nitrogen and oxygen atoms in total. The van der Waals surface area contributed by atoms with Crippen LogP contribution in [-0.2, 0) is 9.53 Å². The second-order valence-electron chi connectivity index (χ2n) is 5.12. The van der Waals surface area contributed by atoms with E-state index in [-0.39, 0.29) is 12.5 Å². The van der Waals surface area contributed by atoms with Crippen molar-refractivity contribution in [2.24, 2.45) is 0 Å². The summed E-state index contributed by atoms with van der Waals surface area (Å²) in [6.07, 6.45) is -0.663. The van der Waals surface area contributed by atoms with E-state index in [9.17, 15) is 9.90 Å². The lowest BCUT2D eigenvalue weighted by atomic mass is 10.1. The number of ether oxygens (including phenoxy) is 1. The number of aliphatic hydroxyl groups excluding tert-OH is 1. The van der Waals surface area contributed by atoms with E-state index in [1.807, 2.05) is 31.2 Å². The molecule has 110 valence electrons. The van der Waals surface area contributed by atoms with E-state index in [1.165, 1.54) is 0 Å². The molecule has 2 rings (SSSR count). The lowest BCUT2D eigenvalue weighted by molar-refractivity contribution is -0.123. The summed E-state index contributed by atoms with van der Waals surface area (Å²) in [5.41, 5.74) is 1.97. The Bertz CT molecular complexity index is 427. The van der Waals surface area contributed by atoms with Crippen LogP contribution in [0.1, 0.15) is 17.2 Å². The maximum Gasteiger partial charge on any atom is 0.234 e. The second kappa shape index (κ2) is 7.38. The van der Waals surface area contributed by atoms with Gasteiger partial charge in [0.15, 0.2) is 0 Å². The van der Waals surface area contributed by atoms with Gasteiger partial charge in [-0.1, -0.05) is 29.8 Å². The van der Waals surface area contributed by atoms with Crippen LogP contribution in [0.15, 0.2) is 24.3 Å². The zero-order valence-corrected chi connectivity index (χ0v) is 11.8. The van der Waals surface area contributed by atoms with Gasteiger partial charge in [0.2, 0.25) is 5.91 Å². The van der Waals surface area contributed by atoms with Crippen molar-refractivity contribution in [2.45, 2.75) is 13.0 Å². The van der Waals surface area contributed by atoms with Crippen molar-refractivity contribution in [3.05, 3.63) is 35.4 Å². The van der Waals surface area contributed by atoms with Crippen LogP contribution in [0.2, 0.25) is 0 Å². The molecule has 5 heteroatoms. The van der Waals surface area contributed by atoms with Gasteiger partial charge in [0.1, 0.15) is 0 Å². The molecule has 1 atom stereocenters. The molecule has 1 heterocycles. The zero-order valence-electron chi connectivity index (χ0n) is 11.8. The van der Waals surface area contributed by atoms with E-state index < -0.39 is 6.10 Å². The quantitative estimate of drug-likeness (QED) is 0.822. The minimum absolute atomic E-state index is 0.0574. The molecule has 0 saturated carbocycles. The van der Waals surface area contributed by atoms with E-state index in [0.29, 0.717) is 19.8 Å². The summed E-state index contributed by atoms with van der Waals surface area (Å²) in [6, 6.07) is 7.67. The summed E-state index contributed by atoms with van der Waals surface area (Å²) in [5, 5.41) is 12.8. The highest BCUT2D eigenvalue weighted by Gasteiger charge is 2.15. The summed E-state index contributed by atoms with van der Waals surface area (Å²) in [7, 11) is 0. The fourth-order valence-corrected chi connectivity index (χ4v) is 2.14. The van der Waals surface area contributed by atoms with Crippen molar-refractivity contribution in [1.82, 2.24) is 10.2 Å². The maximum atomic E-state index is 11.8. The van der Waals surface area contributed by atoms with Crippen LogP contribution in [-0.4, -0.2) is 55.3 Å². The molecule has 0 radical (unpaired) electrons. The molecule has 0 aromatic heterocycles. The third kappa shape index (κ3) is 4.59. The van der Waals surface area contributed by atoms with Crippen molar-refractivity contribution in [2.75, 3.05) is 39.4 Å². The van der Waals surface area contributed by atoms with Gasteiger partial charge in [0.05, 0.1) is 25.9 Å². The molecule has 1 aliphatic rings. The molecule has 1 aliphatic heterocycles. The minimum Gasteiger partial charge on any atom is -0.387 e. The predicted octanol–water partition coefficient (Wildman–Crippen LogP) is 0.477. The lowest BCUT2D eigenvalue weighted by Gasteiger charge is -2.26. The van der Waals surface area contributed by atoms with E-state index in [1.54, 1.807) is 0 Å². The van der Waals surface area contributed by atoms with Gasteiger partial charge in [-0.15, -0.1) is 0 Å². The SMILES string of the molecule is Cc1ccc(C(O)CNC(=O)CN2CCOCC2)cc1. The molecule has 1 saturated heterocycles. The van der Waals surface area contributed by atoms with Crippen LogP contribution < -0.4 is 5.32 Å². The Hall–Kier alpha value is -1.43. The summed E-state index contributed by atoms with van der Waals surface area (Å²) in [4.78, 5) is 13.8. The molecule has 0 aliphatic carbocycles. The van der Waals surface area contributed by atoms with Crippen molar-refractivity contribution in [3.63, 3.8) is 0 Å². The Morgan fingerprint density at radius 3 is 2.65 bits per heavy atom. The molecule has 1 aromatic carbocycles. The van der Waals surface area contributed by atoms with Crippen molar-refractivity contribution in [1.29, 1.82) is 0 Å². The molecule has 1 amide bonds. The van der Waals surface area contributed by atoms with Crippen LogP contribution in [0.3, 0.4) is 0 Å². The number of amides is 1. The summed E-state index contributed by atoms with van der Waals surface area (Å²) < 4.78 is 5.23. The van der Waals surface area contributed by atoms with Crippen molar-refractivity contribution in [3.8, 4) is 0 Å². The van der Waals surface area contributed by atoms with Gasteiger partial charge in [0.25, 0.3) is 0 Å². The maximum absolute atomic E-state index is 11.8. The van der Waals surface area contributed by atoms with E-state index in [2.05, 4.69) is 10.2 Å². The Labute approximate surface area is 119 Å². The number of hydrogen-bond donors (Lipinski definition) is 2. The van der Waals surface area contributed by atoms with Gasteiger partial charge in [0, 0.05) is 19.6 Å². The first-order chi connectivity index (χ1) is 9.65. The number of carbonyl (C=O) groups is 1. The number of hydrogen-bond acceptors (Lipinski definition) is 4. The molecule has 2 N–H and O–H groups in total. The third-order valence-electron chi connectivity index (χ3n) is 3.43. The highest BCUT2D eigenvalue weighted by atomic mass is 16.5. The first-order valence-electron chi connectivity index (χ1n) is 6.96. The van der Waals surface area contributed by atoms with Gasteiger partial charge in [-0.3, -0.25) is 9.69 Å². The smallest absolute Gasteiger partial charge is 0.234 e. The normalized spacial score (nSPS) is 17.7. The fraction of sp³-hybridized carbons (Fsp3) is 0.533. The van der Waals surface area contributed by atoms with Gasteiger partial charge < -0.3 is 15.2 Å². The topological polar surface area (TPSA) is 61.8 Å².